The highest BCUT2D eigenvalue weighted by atomic mass is 35.5. The van der Waals surface area contributed by atoms with Crippen LogP contribution in [0.3, 0.4) is 0 Å². The Hall–Kier alpha value is -0.740. The van der Waals surface area contributed by atoms with Crippen molar-refractivity contribution in [3.8, 4) is 5.75 Å². The van der Waals surface area contributed by atoms with Crippen LogP contribution < -0.4 is 4.74 Å². The minimum Gasteiger partial charge on any atom is -0.497 e. The first-order chi connectivity index (χ1) is 9.50. The zero-order valence-corrected chi connectivity index (χ0v) is 13.7. The van der Waals surface area contributed by atoms with Crippen molar-refractivity contribution in [1.82, 2.24) is 0 Å². The van der Waals surface area contributed by atoms with Gasteiger partial charge < -0.3 is 4.74 Å². The van der Waals surface area contributed by atoms with Crippen molar-refractivity contribution in [2.75, 3.05) is 24.5 Å². The first-order valence-electron chi connectivity index (χ1n) is 6.90. The van der Waals surface area contributed by atoms with Gasteiger partial charge in [0.05, 0.1) is 12.9 Å². The van der Waals surface area contributed by atoms with Crippen molar-refractivity contribution in [3.05, 3.63) is 29.8 Å². The van der Waals surface area contributed by atoms with E-state index in [-0.39, 0.29) is 11.5 Å². The Bertz CT molecular complexity index is 482. The van der Waals surface area contributed by atoms with Gasteiger partial charge >= 0.3 is 0 Å². The molecule has 1 unspecified atom stereocenters. The summed E-state index contributed by atoms with van der Waals surface area (Å²) in [4.78, 5) is 0. The molecule has 0 aliphatic carbocycles. The second kappa shape index (κ2) is 8.53. The molecule has 0 spiro atoms. The van der Waals surface area contributed by atoms with E-state index >= 15 is 0 Å². The maximum Gasteiger partial charge on any atom is 0.150 e. The molecule has 0 fully saturated rings. The highest BCUT2D eigenvalue weighted by Gasteiger charge is 2.12. The summed E-state index contributed by atoms with van der Waals surface area (Å²) in [6.07, 6.45) is 2.40. The third-order valence-electron chi connectivity index (χ3n) is 3.41. The Morgan fingerprint density at radius 2 is 1.90 bits per heavy atom. The van der Waals surface area contributed by atoms with Crippen molar-refractivity contribution in [3.63, 3.8) is 0 Å². The van der Waals surface area contributed by atoms with Crippen LogP contribution in [-0.4, -0.2) is 32.9 Å². The number of ether oxygens (including phenoxy) is 1. The van der Waals surface area contributed by atoms with Crippen LogP contribution in [0.2, 0.25) is 0 Å². The fraction of sp³-hybridized carbons (Fsp3) is 0.600. The van der Waals surface area contributed by atoms with E-state index in [9.17, 15) is 8.42 Å². The predicted octanol–water partition coefficient (Wildman–Crippen LogP) is 3.31. The molecule has 0 saturated heterocycles. The van der Waals surface area contributed by atoms with Gasteiger partial charge in [-0.3, -0.25) is 0 Å². The monoisotopic (exact) mass is 318 g/mol. The summed E-state index contributed by atoms with van der Waals surface area (Å²) in [7, 11) is -1.22. The van der Waals surface area contributed by atoms with Crippen LogP contribution >= 0.6 is 11.6 Å². The number of methoxy groups -OCH3 is 1. The standard InChI is InChI=1S/C15H23ClO3S/c1-3-20(17,18)10-4-5-14(12-16)11-13-6-8-15(19-2)9-7-13/h6-9,14H,3-5,10-12H2,1-2H3. The summed E-state index contributed by atoms with van der Waals surface area (Å²) in [6, 6.07) is 7.92. The van der Waals surface area contributed by atoms with E-state index in [2.05, 4.69) is 0 Å². The molecule has 1 aromatic rings. The third-order valence-corrected chi connectivity index (χ3v) is 5.64. The second-order valence-corrected chi connectivity index (χ2v) is 7.73. The van der Waals surface area contributed by atoms with Gasteiger partial charge in [-0.15, -0.1) is 11.6 Å². The van der Waals surface area contributed by atoms with Crippen LogP contribution in [0.1, 0.15) is 25.3 Å². The Labute approximate surface area is 127 Å². The number of alkyl halides is 1. The summed E-state index contributed by atoms with van der Waals surface area (Å²) < 4.78 is 28.0. The Balaban J connectivity index is 2.46. The Morgan fingerprint density at radius 3 is 2.40 bits per heavy atom. The highest BCUT2D eigenvalue weighted by Crippen LogP contribution is 2.19. The fourth-order valence-electron chi connectivity index (χ4n) is 2.06. The Kier molecular flexibility index (Phi) is 7.38. The molecule has 3 nitrogen and oxygen atoms in total. The fourth-order valence-corrected chi connectivity index (χ4v) is 3.22. The van der Waals surface area contributed by atoms with E-state index in [0.29, 0.717) is 18.2 Å². The average molecular weight is 319 g/mol. The minimum absolute atomic E-state index is 0.219. The van der Waals surface area contributed by atoms with Crippen LogP contribution in [0, 0.1) is 5.92 Å². The molecule has 0 aliphatic rings. The molecule has 1 rings (SSSR count). The Morgan fingerprint density at radius 1 is 1.25 bits per heavy atom. The first kappa shape index (κ1) is 17.3. The molecule has 0 heterocycles. The maximum absolute atomic E-state index is 11.5. The number of sulfone groups is 1. The molecular formula is C15H23ClO3S. The predicted molar refractivity (Wildman–Crippen MR) is 84.5 cm³/mol. The SMILES string of the molecule is CCS(=O)(=O)CCCC(CCl)Cc1ccc(OC)cc1. The van der Waals surface area contributed by atoms with Crippen molar-refractivity contribution >= 4 is 21.4 Å². The van der Waals surface area contributed by atoms with E-state index in [1.54, 1.807) is 14.0 Å². The molecule has 1 atom stereocenters. The lowest BCUT2D eigenvalue weighted by molar-refractivity contribution is 0.414. The van der Waals surface area contributed by atoms with Gasteiger partial charge in [0.25, 0.3) is 0 Å². The van der Waals surface area contributed by atoms with Crippen molar-refractivity contribution in [1.29, 1.82) is 0 Å². The minimum atomic E-state index is -2.86. The third kappa shape index (κ3) is 6.14. The number of halogens is 1. The topological polar surface area (TPSA) is 43.4 Å². The number of hydrogen-bond donors (Lipinski definition) is 0. The van der Waals surface area contributed by atoms with Crippen LogP contribution in [0.4, 0.5) is 0 Å². The molecule has 0 saturated carbocycles. The van der Waals surface area contributed by atoms with E-state index in [4.69, 9.17) is 16.3 Å². The van der Waals surface area contributed by atoms with Crippen molar-refractivity contribution < 1.29 is 13.2 Å². The zero-order valence-electron chi connectivity index (χ0n) is 12.1. The molecule has 0 aromatic heterocycles. The lowest BCUT2D eigenvalue weighted by Crippen LogP contribution is -2.12. The average Bonchev–Trinajstić information content (AvgIpc) is 2.46. The van der Waals surface area contributed by atoms with Gasteiger partial charge in [-0.25, -0.2) is 8.42 Å². The van der Waals surface area contributed by atoms with E-state index in [1.807, 2.05) is 24.3 Å². The summed E-state index contributed by atoms with van der Waals surface area (Å²) >= 11 is 5.99. The lowest BCUT2D eigenvalue weighted by atomic mass is 9.97. The summed E-state index contributed by atoms with van der Waals surface area (Å²) in [6.45, 7) is 1.69. The molecule has 20 heavy (non-hydrogen) atoms. The molecule has 0 N–H and O–H groups in total. The smallest absolute Gasteiger partial charge is 0.150 e. The molecule has 5 heteroatoms. The summed E-state index contributed by atoms with van der Waals surface area (Å²) in [5.41, 5.74) is 1.20. The summed E-state index contributed by atoms with van der Waals surface area (Å²) in [5, 5.41) is 0. The number of rotatable bonds is 9. The molecule has 0 amide bonds. The summed E-state index contributed by atoms with van der Waals surface area (Å²) in [5.74, 6) is 2.19. The molecule has 0 bridgehead atoms. The first-order valence-corrected chi connectivity index (χ1v) is 9.25. The number of benzene rings is 1. The van der Waals surface area contributed by atoms with Crippen molar-refractivity contribution in [2.24, 2.45) is 5.92 Å². The van der Waals surface area contributed by atoms with E-state index in [0.717, 1.165) is 18.6 Å². The molecule has 0 aliphatic heterocycles. The molecule has 0 radical (unpaired) electrons. The van der Waals surface area contributed by atoms with Gasteiger partial charge in [0.1, 0.15) is 15.6 Å². The normalized spacial score (nSPS) is 13.2. The quantitative estimate of drug-likeness (QED) is 0.656. The largest absolute Gasteiger partial charge is 0.497 e. The van der Waals surface area contributed by atoms with E-state index < -0.39 is 9.84 Å². The van der Waals surface area contributed by atoms with Gasteiger partial charge in [0.2, 0.25) is 0 Å². The highest BCUT2D eigenvalue weighted by molar-refractivity contribution is 7.91. The van der Waals surface area contributed by atoms with Gasteiger partial charge in [0.15, 0.2) is 0 Å². The van der Waals surface area contributed by atoms with Crippen LogP contribution in [0.25, 0.3) is 0 Å². The van der Waals surface area contributed by atoms with Gasteiger partial charge in [-0.05, 0) is 42.9 Å². The maximum atomic E-state index is 11.5. The lowest BCUT2D eigenvalue weighted by Gasteiger charge is -2.14. The van der Waals surface area contributed by atoms with Crippen molar-refractivity contribution in [2.45, 2.75) is 26.2 Å². The van der Waals surface area contributed by atoms with Crippen LogP contribution in [0.5, 0.6) is 5.75 Å². The van der Waals surface area contributed by atoms with Gasteiger partial charge in [0, 0.05) is 11.6 Å². The van der Waals surface area contributed by atoms with Crippen LogP contribution in [-0.2, 0) is 16.3 Å². The second-order valence-electron chi connectivity index (χ2n) is 4.95. The van der Waals surface area contributed by atoms with Gasteiger partial charge in [-0.2, -0.15) is 0 Å². The molecule has 114 valence electrons. The zero-order chi connectivity index (χ0) is 15.0. The van der Waals surface area contributed by atoms with Gasteiger partial charge in [-0.1, -0.05) is 19.1 Å². The van der Waals surface area contributed by atoms with E-state index in [1.165, 1.54) is 5.56 Å². The number of hydrogen-bond acceptors (Lipinski definition) is 3. The van der Waals surface area contributed by atoms with Crippen LogP contribution in [0.15, 0.2) is 24.3 Å². The molecular weight excluding hydrogens is 296 g/mol. The molecule has 1 aromatic carbocycles.